The molecule has 0 saturated carbocycles. The number of hydrogen-bond donors (Lipinski definition) is 1. The summed E-state index contributed by atoms with van der Waals surface area (Å²) in [5, 5.41) is -0.476. The zero-order valence-electron chi connectivity index (χ0n) is 16.1. The molecule has 1 aromatic carbocycles. The molecule has 2 heterocycles. The van der Waals surface area contributed by atoms with Gasteiger partial charge < -0.3 is 15.4 Å². The number of carbonyl (C=O) groups is 4. The number of primary amides is 1. The Morgan fingerprint density at radius 3 is 2.62 bits per heavy atom. The molecule has 154 valence electrons. The smallest absolute Gasteiger partial charge is 0.294 e. The Balaban J connectivity index is 1.70. The lowest BCUT2D eigenvalue weighted by Crippen LogP contribution is -2.45. The summed E-state index contributed by atoms with van der Waals surface area (Å²) in [7, 11) is 0. The van der Waals surface area contributed by atoms with E-state index < -0.39 is 17.1 Å². The first kappa shape index (κ1) is 20.9. The topological polar surface area (TPSA) is 110 Å². The first-order valence-corrected chi connectivity index (χ1v) is 10.2. The van der Waals surface area contributed by atoms with Crippen LogP contribution in [0, 0.1) is 5.92 Å². The number of para-hydroxylation sites is 1. The molecular formula is C20H23N3O5S. The van der Waals surface area contributed by atoms with Crippen LogP contribution in [0.5, 0.6) is 5.75 Å². The molecule has 0 aliphatic carbocycles. The summed E-state index contributed by atoms with van der Waals surface area (Å²) in [6, 6.07) is 6.80. The zero-order valence-corrected chi connectivity index (χ0v) is 16.9. The molecule has 0 aromatic heterocycles. The largest absolute Gasteiger partial charge is 0.483 e. The monoisotopic (exact) mass is 417 g/mol. The van der Waals surface area contributed by atoms with E-state index in [0.29, 0.717) is 30.3 Å². The number of piperidine rings is 1. The third kappa shape index (κ3) is 5.17. The summed E-state index contributed by atoms with van der Waals surface area (Å²) >= 11 is 0.779. The van der Waals surface area contributed by atoms with Crippen molar-refractivity contribution in [3.8, 4) is 5.75 Å². The SMILES string of the molecule is CC1CCN(C(=O)CN2C(=O)S/C(=C/c3ccccc3OCC(N)=O)C2=O)CC1. The summed E-state index contributed by atoms with van der Waals surface area (Å²) in [5.74, 6) is -0.396. The summed E-state index contributed by atoms with van der Waals surface area (Å²) in [5.41, 5.74) is 5.64. The highest BCUT2D eigenvalue weighted by Gasteiger charge is 2.37. The Bertz CT molecular complexity index is 861. The zero-order chi connectivity index (χ0) is 21.0. The number of imide groups is 1. The Morgan fingerprint density at radius 1 is 1.24 bits per heavy atom. The Labute approximate surface area is 173 Å². The Kier molecular flexibility index (Phi) is 6.58. The van der Waals surface area contributed by atoms with Crippen molar-refractivity contribution in [1.82, 2.24) is 9.80 Å². The molecule has 9 heteroatoms. The molecule has 3 rings (SSSR count). The second kappa shape index (κ2) is 9.13. The highest BCUT2D eigenvalue weighted by molar-refractivity contribution is 8.18. The van der Waals surface area contributed by atoms with Gasteiger partial charge in [-0.15, -0.1) is 0 Å². The first-order valence-electron chi connectivity index (χ1n) is 9.38. The molecule has 0 bridgehead atoms. The molecule has 2 aliphatic rings. The van der Waals surface area contributed by atoms with Crippen LogP contribution in [-0.2, 0) is 14.4 Å². The molecule has 0 spiro atoms. The van der Waals surface area contributed by atoms with Crippen molar-refractivity contribution in [3.05, 3.63) is 34.7 Å². The van der Waals surface area contributed by atoms with E-state index in [1.165, 1.54) is 6.08 Å². The van der Waals surface area contributed by atoms with E-state index in [1.54, 1.807) is 29.2 Å². The van der Waals surface area contributed by atoms with Gasteiger partial charge in [0.15, 0.2) is 6.61 Å². The van der Waals surface area contributed by atoms with Gasteiger partial charge >= 0.3 is 0 Å². The van der Waals surface area contributed by atoms with Gasteiger partial charge in [0, 0.05) is 18.7 Å². The van der Waals surface area contributed by atoms with Crippen molar-refractivity contribution in [2.75, 3.05) is 26.2 Å². The molecule has 0 radical (unpaired) electrons. The van der Waals surface area contributed by atoms with Gasteiger partial charge in [-0.05, 0) is 42.7 Å². The number of amides is 4. The fourth-order valence-electron chi connectivity index (χ4n) is 3.15. The van der Waals surface area contributed by atoms with Crippen molar-refractivity contribution >= 4 is 40.8 Å². The molecule has 1 aromatic rings. The minimum atomic E-state index is -0.620. The van der Waals surface area contributed by atoms with Crippen LogP contribution in [0.1, 0.15) is 25.3 Å². The molecule has 4 amide bonds. The van der Waals surface area contributed by atoms with Crippen LogP contribution in [0.2, 0.25) is 0 Å². The van der Waals surface area contributed by atoms with Gasteiger partial charge in [0.25, 0.3) is 17.1 Å². The lowest BCUT2D eigenvalue weighted by Gasteiger charge is -2.31. The van der Waals surface area contributed by atoms with Crippen LogP contribution in [0.15, 0.2) is 29.2 Å². The number of ether oxygens (including phenoxy) is 1. The van der Waals surface area contributed by atoms with Crippen LogP contribution in [0.3, 0.4) is 0 Å². The molecule has 0 atom stereocenters. The Morgan fingerprint density at radius 2 is 1.93 bits per heavy atom. The molecule has 8 nitrogen and oxygen atoms in total. The van der Waals surface area contributed by atoms with Gasteiger partial charge in [0.1, 0.15) is 12.3 Å². The van der Waals surface area contributed by atoms with Gasteiger partial charge in [0.2, 0.25) is 5.91 Å². The third-order valence-electron chi connectivity index (χ3n) is 4.88. The van der Waals surface area contributed by atoms with E-state index in [-0.39, 0.29) is 24.0 Å². The van der Waals surface area contributed by atoms with Crippen molar-refractivity contribution in [1.29, 1.82) is 0 Å². The van der Waals surface area contributed by atoms with E-state index in [9.17, 15) is 19.2 Å². The average molecular weight is 417 g/mol. The van der Waals surface area contributed by atoms with Gasteiger partial charge in [0.05, 0.1) is 4.91 Å². The minimum Gasteiger partial charge on any atom is -0.483 e. The van der Waals surface area contributed by atoms with Crippen molar-refractivity contribution in [2.24, 2.45) is 11.7 Å². The van der Waals surface area contributed by atoms with Crippen LogP contribution in [-0.4, -0.2) is 59.0 Å². The number of likely N-dealkylation sites (tertiary alicyclic amines) is 1. The first-order chi connectivity index (χ1) is 13.8. The third-order valence-corrected chi connectivity index (χ3v) is 5.79. The Hall–Kier alpha value is -2.81. The summed E-state index contributed by atoms with van der Waals surface area (Å²) in [6.07, 6.45) is 3.37. The quantitative estimate of drug-likeness (QED) is 0.708. The van der Waals surface area contributed by atoms with Crippen molar-refractivity contribution in [2.45, 2.75) is 19.8 Å². The van der Waals surface area contributed by atoms with E-state index in [1.807, 2.05) is 0 Å². The maximum absolute atomic E-state index is 12.7. The highest BCUT2D eigenvalue weighted by atomic mass is 32.2. The lowest BCUT2D eigenvalue weighted by molar-refractivity contribution is -0.136. The fraction of sp³-hybridized carbons (Fsp3) is 0.400. The highest BCUT2D eigenvalue weighted by Crippen LogP contribution is 2.34. The molecule has 2 fully saturated rings. The second-order valence-electron chi connectivity index (χ2n) is 7.12. The molecule has 2 saturated heterocycles. The second-order valence-corrected chi connectivity index (χ2v) is 8.12. The normalized spacial score (nSPS) is 19.1. The maximum Gasteiger partial charge on any atom is 0.294 e. The molecule has 0 unspecified atom stereocenters. The van der Waals surface area contributed by atoms with Gasteiger partial charge in [-0.1, -0.05) is 25.1 Å². The number of rotatable bonds is 6. The van der Waals surface area contributed by atoms with Crippen LogP contribution in [0.4, 0.5) is 4.79 Å². The number of nitrogens with zero attached hydrogens (tertiary/aromatic N) is 2. The number of carbonyl (C=O) groups excluding carboxylic acids is 4. The van der Waals surface area contributed by atoms with Crippen LogP contribution < -0.4 is 10.5 Å². The fourth-order valence-corrected chi connectivity index (χ4v) is 3.98. The van der Waals surface area contributed by atoms with E-state index >= 15 is 0 Å². The van der Waals surface area contributed by atoms with Crippen LogP contribution >= 0.6 is 11.8 Å². The standard InChI is InChI=1S/C20H23N3O5S/c1-13-6-8-22(9-7-13)18(25)11-23-19(26)16(29-20(23)27)10-14-4-2-3-5-15(14)28-12-17(21)24/h2-5,10,13H,6-9,11-12H2,1H3,(H2,21,24)/b16-10+. The predicted molar refractivity (Wildman–Crippen MR) is 109 cm³/mol. The van der Waals surface area contributed by atoms with Gasteiger partial charge in [-0.25, -0.2) is 0 Å². The molecule has 2 aliphatic heterocycles. The van der Waals surface area contributed by atoms with Gasteiger partial charge in [-0.2, -0.15) is 0 Å². The van der Waals surface area contributed by atoms with E-state index in [2.05, 4.69) is 6.92 Å². The molecule has 29 heavy (non-hydrogen) atoms. The van der Waals surface area contributed by atoms with Gasteiger partial charge in [-0.3, -0.25) is 24.1 Å². The maximum atomic E-state index is 12.7. The summed E-state index contributed by atoms with van der Waals surface area (Å²) in [4.78, 5) is 51.4. The minimum absolute atomic E-state index is 0.199. The van der Waals surface area contributed by atoms with Crippen molar-refractivity contribution in [3.63, 3.8) is 0 Å². The molecule has 2 N–H and O–H groups in total. The number of benzene rings is 1. The van der Waals surface area contributed by atoms with E-state index in [0.717, 1.165) is 29.5 Å². The van der Waals surface area contributed by atoms with E-state index in [4.69, 9.17) is 10.5 Å². The number of hydrogen-bond acceptors (Lipinski definition) is 6. The summed E-state index contributed by atoms with van der Waals surface area (Å²) in [6.45, 7) is 2.90. The number of nitrogens with two attached hydrogens (primary N) is 1. The lowest BCUT2D eigenvalue weighted by atomic mass is 9.99. The summed E-state index contributed by atoms with van der Waals surface area (Å²) < 4.78 is 5.35. The predicted octanol–water partition coefficient (Wildman–Crippen LogP) is 1.85. The molecular weight excluding hydrogens is 394 g/mol. The van der Waals surface area contributed by atoms with Crippen LogP contribution in [0.25, 0.3) is 6.08 Å². The number of thioether (sulfide) groups is 1. The van der Waals surface area contributed by atoms with Crippen molar-refractivity contribution < 1.29 is 23.9 Å². The average Bonchev–Trinajstić information content (AvgIpc) is 2.95.